The number of nitrogens with zero attached hydrogens (tertiary/aromatic N) is 2. The van der Waals surface area contributed by atoms with Crippen LogP contribution in [0.3, 0.4) is 0 Å². The van der Waals surface area contributed by atoms with Crippen LogP contribution in [0, 0.1) is 6.92 Å². The summed E-state index contributed by atoms with van der Waals surface area (Å²) in [5.41, 5.74) is 1.30. The van der Waals surface area contributed by atoms with E-state index in [-0.39, 0.29) is 17.3 Å². The number of amides is 2. The number of benzene rings is 1. The highest BCUT2D eigenvalue weighted by Crippen LogP contribution is 2.21. The summed E-state index contributed by atoms with van der Waals surface area (Å²) in [7, 11) is -3.76. The van der Waals surface area contributed by atoms with Crippen LogP contribution < -0.4 is 16.2 Å². The van der Waals surface area contributed by atoms with Crippen LogP contribution in [0.25, 0.3) is 0 Å². The molecule has 168 valence electrons. The second kappa shape index (κ2) is 10.4. The third-order valence-corrected chi connectivity index (χ3v) is 6.76. The van der Waals surface area contributed by atoms with E-state index >= 15 is 0 Å². The van der Waals surface area contributed by atoms with Gasteiger partial charge in [-0.3, -0.25) is 14.4 Å². The zero-order valence-electron chi connectivity index (χ0n) is 18.1. The maximum atomic E-state index is 12.7. The second-order valence-electron chi connectivity index (χ2n) is 6.90. The van der Waals surface area contributed by atoms with E-state index in [1.807, 2.05) is 0 Å². The van der Waals surface area contributed by atoms with Gasteiger partial charge < -0.3 is 15.2 Å². The molecule has 0 bridgehead atoms. The minimum atomic E-state index is -3.76. The van der Waals surface area contributed by atoms with Gasteiger partial charge >= 0.3 is 0 Å². The number of anilines is 2. The lowest BCUT2D eigenvalue weighted by atomic mass is 10.1. The number of rotatable bonds is 9. The normalized spacial score (nSPS) is 11.4. The summed E-state index contributed by atoms with van der Waals surface area (Å²) in [5.74, 6) is -0.652. The first-order valence-electron chi connectivity index (χ1n) is 10.0. The fourth-order valence-electron chi connectivity index (χ4n) is 2.93. The lowest BCUT2D eigenvalue weighted by molar-refractivity contribution is -0.117. The van der Waals surface area contributed by atoms with Crippen LogP contribution in [0.4, 0.5) is 11.4 Å². The summed E-state index contributed by atoms with van der Waals surface area (Å²) in [5, 5.41) is 5.43. The fourth-order valence-corrected chi connectivity index (χ4v) is 4.40. The van der Waals surface area contributed by atoms with Gasteiger partial charge in [0.25, 0.3) is 5.56 Å². The predicted molar refractivity (Wildman–Crippen MR) is 120 cm³/mol. The number of hydrogen-bond donors (Lipinski definition) is 2. The number of aromatic nitrogens is 1. The van der Waals surface area contributed by atoms with Crippen LogP contribution >= 0.6 is 0 Å². The van der Waals surface area contributed by atoms with Crippen LogP contribution in [-0.2, 0) is 26.2 Å². The number of sulfonamides is 1. The van der Waals surface area contributed by atoms with E-state index in [4.69, 9.17) is 0 Å². The average Bonchev–Trinajstić information content (AvgIpc) is 2.72. The van der Waals surface area contributed by atoms with Gasteiger partial charge in [0.05, 0.1) is 4.90 Å². The summed E-state index contributed by atoms with van der Waals surface area (Å²) in [4.78, 5) is 36.3. The number of carbonyl (C=O) groups excluding carboxylic acids is 2. The van der Waals surface area contributed by atoms with Crippen molar-refractivity contribution < 1.29 is 18.0 Å². The van der Waals surface area contributed by atoms with Crippen molar-refractivity contribution in [2.75, 3.05) is 23.7 Å². The van der Waals surface area contributed by atoms with Crippen molar-refractivity contribution in [2.45, 2.75) is 45.6 Å². The summed E-state index contributed by atoms with van der Waals surface area (Å²) >= 11 is 0. The molecule has 0 unspecified atom stereocenters. The van der Waals surface area contributed by atoms with Crippen molar-refractivity contribution >= 4 is 33.2 Å². The molecule has 0 saturated heterocycles. The largest absolute Gasteiger partial charge is 0.326 e. The smallest absolute Gasteiger partial charge is 0.251 e. The third-order valence-electron chi connectivity index (χ3n) is 4.73. The molecule has 2 aromatic rings. The van der Waals surface area contributed by atoms with E-state index in [2.05, 4.69) is 10.6 Å². The number of nitrogens with one attached hydrogen (secondary N) is 2. The van der Waals surface area contributed by atoms with Crippen molar-refractivity contribution in [3.8, 4) is 0 Å². The zero-order valence-corrected chi connectivity index (χ0v) is 19.0. The first-order chi connectivity index (χ1) is 14.6. The first-order valence-corrected chi connectivity index (χ1v) is 11.5. The summed E-state index contributed by atoms with van der Waals surface area (Å²) in [6, 6.07) is 7.49. The van der Waals surface area contributed by atoms with E-state index in [1.165, 1.54) is 16.6 Å². The number of aryl methyl sites for hydroxylation is 1. The highest BCUT2D eigenvalue weighted by molar-refractivity contribution is 7.89. The summed E-state index contributed by atoms with van der Waals surface area (Å²) < 4.78 is 27.7. The monoisotopic (exact) mass is 448 g/mol. The van der Waals surface area contributed by atoms with E-state index in [1.54, 1.807) is 45.9 Å². The van der Waals surface area contributed by atoms with Crippen molar-refractivity contribution in [3.05, 3.63) is 52.4 Å². The topological polar surface area (TPSA) is 118 Å². The molecular formula is C21H28N4O5S. The van der Waals surface area contributed by atoms with Gasteiger partial charge in [0, 0.05) is 43.1 Å². The Bertz CT molecular complexity index is 1120. The number of hydrogen-bond acceptors (Lipinski definition) is 5. The SMILES string of the molecule is CCC(=O)Nc1ccc(C)c(NC(=O)Cn2cc(S(=O)(=O)N(CC)CC)ccc2=O)c1. The van der Waals surface area contributed by atoms with E-state index in [0.717, 1.165) is 16.2 Å². The van der Waals surface area contributed by atoms with E-state index < -0.39 is 21.5 Å². The Kier molecular flexibility index (Phi) is 8.12. The molecule has 2 amide bonds. The van der Waals surface area contributed by atoms with Crippen LogP contribution in [0.1, 0.15) is 32.8 Å². The van der Waals surface area contributed by atoms with Crippen LogP contribution in [-0.4, -0.2) is 42.2 Å². The minimum Gasteiger partial charge on any atom is -0.326 e. The van der Waals surface area contributed by atoms with Crippen molar-refractivity contribution in [1.29, 1.82) is 0 Å². The Morgan fingerprint density at radius 2 is 1.68 bits per heavy atom. The molecular weight excluding hydrogens is 420 g/mol. The first kappa shape index (κ1) is 24.3. The highest BCUT2D eigenvalue weighted by Gasteiger charge is 2.22. The van der Waals surface area contributed by atoms with Gasteiger partial charge in [-0.15, -0.1) is 0 Å². The molecule has 2 rings (SSSR count). The van der Waals surface area contributed by atoms with Gasteiger partial charge in [0.2, 0.25) is 21.8 Å². The van der Waals surface area contributed by atoms with Crippen LogP contribution in [0.15, 0.2) is 46.2 Å². The molecule has 0 fully saturated rings. The molecule has 1 aromatic carbocycles. The van der Waals surface area contributed by atoms with Gasteiger partial charge in [-0.1, -0.05) is 26.8 Å². The molecule has 9 nitrogen and oxygen atoms in total. The Labute approximate surface area is 182 Å². The number of pyridine rings is 1. The van der Waals surface area contributed by atoms with Gasteiger partial charge in [-0.2, -0.15) is 4.31 Å². The number of carbonyl (C=O) groups is 2. The summed E-state index contributed by atoms with van der Waals surface area (Å²) in [6.07, 6.45) is 1.51. The molecule has 0 aliphatic rings. The molecule has 0 saturated carbocycles. The third kappa shape index (κ3) is 6.02. The molecule has 10 heteroatoms. The fraction of sp³-hybridized carbons (Fsp3) is 0.381. The highest BCUT2D eigenvalue weighted by atomic mass is 32.2. The Morgan fingerprint density at radius 3 is 2.29 bits per heavy atom. The van der Waals surface area contributed by atoms with Gasteiger partial charge in [-0.25, -0.2) is 8.42 Å². The molecule has 0 aliphatic carbocycles. The van der Waals surface area contributed by atoms with Crippen molar-refractivity contribution in [2.24, 2.45) is 0 Å². The van der Waals surface area contributed by atoms with E-state index in [9.17, 15) is 22.8 Å². The Morgan fingerprint density at radius 1 is 1.00 bits per heavy atom. The lowest BCUT2D eigenvalue weighted by Gasteiger charge is -2.19. The minimum absolute atomic E-state index is 0.0518. The maximum absolute atomic E-state index is 12.7. The Balaban J connectivity index is 2.24. The average molecular weight is 449 g/mol. The zero-order chi connectivity index (χ0) is 23.2. The summed E-state index contributed by atoms with van der Waals surface area (Å²) in [6.45, 7) is 7.22. The molecule has 0 atom stereocenters. The molecule has 0 spiro atoms. The standard InChI is InChI=1S/C21H28N4O5S/c1-5-19(26)22-16-9-8-15(4)18(12-16)23-20(27)14-24-13-17(10-11-21(24)28)31(29,30)25(6-2)7-3/h8-13H,5-7,14H2,1-4H3,(H,22,26)(H,23,27). The lowest BCUT2D eigenvalue weighted by Crippen LogP contribution is -2.33. The quantitative estimate of drug-likeness (QED) is 0.610. The maximum Gasteiger partial charge on any atom is 0.251 e. The van der Waals surface area contributed by atoms with Crippen molar-refractivity contribution in [3.63, 3.8) is 0 Å². The molecule has 0 aliphatic heterocycles. The van der Waals surface area contributed by atoms with Gasteiger partial charge in [0.15, 0.2) is 0 Å². The molecule has 1 aromatic heterocycles. The molecule has 31 heavy (non-hydrogen) atoms. The van der Waals surface area contributed by atoms with Gasteiger partial charge in [-0.05, 0) is 30.7 Å². The Hall–Kier alpha value is -2.98. The molecule has 2 N–H and O–H groups in total. The van der Waals surface area contributed by atoms with Gasteiger partial charge in [0.1, 0.15) is 6.54 Å². The molecule has 1 heterocycles. The van der Waals surface area contributed by atoms with Crippen LogP contribution in [0.2, 0.25) is 0 Å². The van der Waals surface area contributed by atoms with Crippen LogP contribution in [0.5, 0.6) is 0 Å². The van der Waals surface area contributed by atoms with Crippen molar-refractivity contribution in [1.82, 2.24) is 8.87 Å². The molecule has 0 radical (unpaired) electrons. The van der Waals surface area contributed by atoms with E-state index in [0.29, 0.717) is 30.9 Å². The predicted octanol–water partition coefficient (Wildman–Crippen LogP) is 2.17. The second-order valence-corrected chi connectivity index (χ2v) is 8.84.